The number of para-hydroxylation sites is 1. The average Bonchev–Trinajstić information content (AvgIpc) is 3.08. The van der Waals surface area contributed by atoms with Gasteiger partial charge in [0.2, 0.25) is 0 Å². The van der Waals surface area contributed by atoms with Gasteiger partial charge in [0, 0.05) is 22.7 Å². The van der Waals surface area contributed by atoms with E-state index in [0.717, 1.165) is 21.9 Å². The zero-order valence-corrected chi connectivity index (χ0v) is 17.8. The molecule has 4 rings (SSSR count). The van der Waals surface area contributed by atoms with Gasteiger partial charge in [0.25, 0.3) is 11.8 Å². The van der Waals surface area contributed by atoms with Crippen LogP contribution >= 0.6 is 12.2 Å². The van der Waals surface area contributed by atoms with E-state index in [1.807, 2.05) is 24.3 Å². The minimum Gasteiger partial charge on any atom is -0.465 e. The fraction of sp³-hybridized carbons (Fsp3) is 0.130. The van der Waals surface area contributed by atoms with Crippen LogP contribution in [-0.4, -0.2) is 34.1 Å². The smallest absolute Gasteiger partial charge is 0.325 e. The molecule has 0 atom stereocenters. The van der Waals surface area contributed by atoms with E-state index in [1.165, 1.54) is 24.3 Å². The largest absolute Gasteiger partial charge is 0.465 e. The third kappa shape index (κ3) is 4.02. The minimum absolute atomic E-state index is 0.0167. The summed E-state index contributed by atoms with van der Waals surface area (Å²) in [6.45, 7) is 1.97. The van der Waals surface area contributed by atoms with E-state index >= 15 is 0 Å². The van der Waals surface area contributed by atoms with Crippen LogP contribution < -0.4 is 10.2 Å². The Morgan fingerprint density at radius 3 is 2.72 bits per heavy atom. The van der Waals surface area contributed by atoms with Crippen molar-refractivity contribution in [3.63, 3.8) is 0 Å². The highest BCUT2D eigenvalue weighted by Gasteiger charge is 2.34. The lowest BCUT2D eigenvalue weighted by Gasteiger charge is -2.28. The summed E-state index contributed by atoms with van der Waals surface area (Å²) in [4.78, 5) is 38.8. The molecule has 0 aliphatic carbocycles. The summed E-state index contributed by atoms with van der Waals surface area (Å²) in [7, 11) is 0. The van der Waals surface area contributed by atoms with Gasteiger partial charge in [0.1, 0.15) is 17.9 Å². The number of hydrogen-bond acceptors (Lipinski definition) is 5. The summed E-state index contributed by atoms with van der Waals surface area (Å²) < 4.78 is 20.4. The van der Waals surface area contributed by atoms with Crippen molar-refractivity contribution in [3.8, 4) is 0 Å². The Balaban J connectivity index is 1.77. The lowest BCUT2D eigenvalue weighted by atomic mass is 10.1. The monoisotopic (exact) mass is 451 g/mol. The number of carbonyl (C=O) groups excluding carboxylic acids is 3. The molecule has 162 valence electrons. The lowest BCUT2D eigenvalue weighted by molar-refractivity contribution is -0.143. The van der Waals surface area contributed by atoms with Gasteiger partial charge < -0.3 is 9.30 Å². The van der Waals surface area contributed by atoms with Gasteiger partial charge >= 0.3 is 5.97 Å². The third-order valence-corrected chi connectivity index (χ3v) is 5.18. The molecule has 1 aliphatic rings. The zero-order valence-electron chi connectivity index (χ0n) is 17.0. The van der Waals surface area contributed by atoms with Gasteiger partial charge in [-0.25, -0.2) is 4.39 Å². The first-order chi connectivity index (χ1) is 15.4. The average molecular weight is 451 g/mol. The fourth-order valence-corrected chi connectivity index (χ4v) is 3.81. The van der Waals surface area contributed by atoms with Crippen molar-refractivity contribution < 1.29 is 23.5 Å². The van der Waals surface area contributed by atoms with Crippen LogP contribution in [0.4, 0.5) is 10.1 Å². The first-order valence-electron chi connectivity index (χ1n) is 9.79. The number of aromatic nitrogens is 1. The van der Waals surface area contributed by atoms with Crippen LogP contribution in [0.2, 0.25) is 0 Å². The molecule has 0 unspecified atom stereocenters. The molecular formula is C23H18FN3O4S. The van der Waals surface area contributed by atoms with Crippen LogP contribution in [0.25, 0.3) is 17.0 Å². The second-order valence-corrected chi connectivity index (χ2v) is 7.36. The van der Waals surface area contributed by atoms with Gasteiger partial charge in [-0.1, -0.05) is 24.3 Å². The predicted molar refractivity (Wildman–Crippen MR) is 121 cm³/mol. The quantitative estimate of drug-likeness (QED) is 0.279. The number of fused-ring (bicyclic) bond motifs is 1. The Morgan fingerprint density at radius 1 is 1.19 bits per heavy atom. The van der Waals surface area contributed by atoms with Crippen LogP contribution in [0.15, 0.2) is 60.3 Å². The highest BCUT2D eigenvalue weighted by atomic mass is 32.1. The van der Waals surface area contributed by atoms with Crippen LogP contribution in [0.1, 0.15) is 12.5 Å². The van der Waals surface area contributed by atoms with Crippen molar-refractivity contribution in [1.29, 1.82) is 0 Å². The first kappa shape index (κ1) is 21.4. The van der Waals surface area contributed by atoms with Gasteiger partial charge in [0.15, 0.2) is 5.11 Å². The Morgan fingerprint density at radius 2 is 1.97 bits per heavy atom. The molecule has 2 heterocycles. The Bertz CT molecular complexity index is 1300. The molecule has 32 heavy (non-hydrogen) atoms. The van der Waals surface area contributed by atoms with Crippen LogP contribution in [0, 0.1) is 5.82 Å². The molecule has 2 amide bonds. The number of nitrogens with zero attached hydrogens (tertiary/aromatic N) is 2. The third-order valence-electron chi connectivity index (χ3n) is 4.89. The number of halogens is 1. The van der Waals surface area contributed by atoms with Gasteiger partial charge in [-0.15, -0.1) is 0 Å². The molecule has 0 saturated carbocycles. The number of nitrogens with one attached hydrogen (secondary N) is 1. The highest BCUT2D eigenvalue weighted by Crippen LogP contribution is 2.27. The maximum absolute atomic E-state index is 13.7. The van der Waals surface area contributed by atoms with Crippen molar-refractivity contribution in [3.05, 3.63) is 71.7 Å². The summed E-state index contributed by atoms with van der Waals surface area (Å²) >= 11 is 5.15. The summed E-state index contributed by atoms with van der Waals surface area (Å²) in [6, 6.07) is 12.7. The minimum atomic E-state index is -0.674. The standard InChI is InChI=1S/C23H18FN3O4S/c1-2-31-20(28)13-26-12-14(17-8-3-4-9-19(17)26)10-18-21(29)25-23(32)27(22(18)30)16-7-5-6-15(24)11-16/h3-12H,2,13H2,1H3,(H,25,29,32)/b18-10+. The Hall–Kier alpha value is -3.85. The van der Waals surface area contributed by atoms with E-state index in [-0.39, 0.29) is 29.5 Å². The molecule has 0 spiro atoms. The predicted octanol–water partition coefficient (Wildman–Crippen LogP) is 3.17. The second-order valence-electron chi connectivity index (χ2n) is 6.97. The van der Waals surface area contributed by atoms with Gasteiger partial charge in [0.05, 0.1) is 12.3 Å². The molecule has 0 radical (unpaired) electrons. The van der Waals surface area contributed by atoms with Gasteiger partial charge in [-0.2, -0.15) is 0 Å². The van der Waals surface area contributed by atoms with Gasteiger partial charge in [-0.3, -0.25) is 24.6 Å². The first-order valence-corrected chi connectivity index (χ1v) is 10.2. The van der Waals surface area contributed by atoms with E-state index in [1.54, 1.807) is 17.7 Å². The van der Waals surface area contributed by atoms with Crippen LogP contribution in [0.5, 0.6) is 0 Å². The van der Waals surface area contributed by atoms with Crippen molar-refractivity contribution in [2.45, 2.75) is 13.5 Å². The maximum Gasteiger partial charge on any atom is 0.325 e. The molecule has 1 N–H and O–H groups in total. The van der Waals surface area contributed by atoms with E-state index in [9.17, 15) is 18.8 Å². The molecule has 9 heteroatoms. The summed E-state index contributed by atoms with van der Waals surface area (Å²) in [5, 5.41) is 3.09. The number of anilines is 1. The van der Waals surface area contributed by atoms with Gasteiger partial charge in [-0.05, 0) is 49.5 Å². The number of esters is 1. The lowest BCUT2D eigenvalue weighted by Crippen LogP contribution is -2.54. The Kier molecular flexibility index (Phi) is 5.83. The topological polar surface area (TPSA) is 80.6 Å². The van der Waals surface area contributed by atoms with Crippen molar-refractivity contribution in [1.82, 2.24) is 9.88 Å². The number of rotatable bonds is 5. The number of carbonyl (C=O) groups is 3. The Labute approximate surface area is 188 Å². The van der Waals surface area contributed by atoms with Crippen LogP contribution in [0.3, 0.4) is 0 Å². The molecule has 3 aromatic rings. The van der Waals surface area contributed by atoms with E-state index in [4.69, 9.17) is 17.0 Å². The highest BCUT2D eigenvalue weighted by molar-refractivity contribution is 7.80. The van der Waals surface area contributed by atoms with E-state index in [0.29, 0.717) is 5.56 Å². The second kappa shape index (κ2) is 8.72. The zero-order chi connectivity index (χ0) is 22.8. The number of amides is 2. The summed E-state index contributed by atoms with van der Waals surface area (Å²) in [5.74, 6) is -2.27. The number of hydrogen-bond donors (Lipinski definition) is 1. The number of ether oxygens (including phenoxy) is 1. The van der Waals surface area contributed by atoms with Crippen molar-refractivity contribution in [2.75, 3.05) is 11.5 Å². The summed E-state index contributed by atoms with van der Waals surface area (Å²) in [5.41, 5.74) is 1.35. The van der Waals surface area contributed by atoms with Crippen molar-refractivity contribution in [2.24, 2.45) is 0 Å². The van der Waals surface area contributed by atoms with Crippen LogP contribution in [-0.2, 0) is 25.7 Å². The van der Waals surface area contributed by atoms with E-state index < -0.39 is 23.6 Å². The van der Waals surface area contributed by atoms with Crippen molar-refractivity contribution >= 4 is 57.8 Å². The van der Waals surface area contributed by atoms with E-state index in [2.05, 4.69) is 5.32 Å². The molecular weight excluding hydrogens is 433 g/mol. The summed E-state index contributed by atoms with van der Waals surface area (Å²) in [6.07, 6.45) is 3.12. The number of benzene rings is 2. The molecule has 2 aromatic carbocycles. The molecule has 7 nitrogen and oxygen atoms in total. The molecule has 1 fully saturated rings. The molecule has 1 aliphatic heterocycles. The molecule has 1 saturated heterocycles. The maximum atomic E-state index is 13.7. The fourth-order valence-electron chi connectivity index (χ4n) is 3.53. The molecule has 1 aromatic heterocycles. The number of thiocarbonyl (C=S) groups is 1. The SMILES string of the molecule is CCOC(=O)Cn1cc(/C=C2\C(=O)NC(=S)N(c3cccc(F)c3)C2=O)c2ccccc21. The molecule has 0 bridgehead atoms. The normalized spacial score (nSPS) is 15.4.